The number of amides is 1. The van der Waals surface area contributed by atoms with Gasteiger partial charge in [-0.05, 0) is 25.5 Å². The number of methoxy groups -OCH3 is 1. The maximum Gasteiger partial charge on any atom is 0.405 e. The lowest BCUT2D eigenvalue weighted by molar-refractivity contribution is -0.385. The van der Waals surface area contributed by atoms with Crippen LogP contribution >= 0.6 is 0 Å². The monoisotopic (exact) mass is 427 g/mol. The molecule has 1 aromatic carbocycles. The number of carbonyl (C=O) groups is 1. The number of alkyl halides is 5. The van der Waals surface area contributed by atoms with Crippen molar-refractivity contribution in [1.82, 2.24) is 10.2 Å². The normalized spacial score (nSPS) is 17.4. The second-order valence-corrected chi connectivity index (χ2v) is 6.23. The smallest absolute Gasteiger partial charge is 0.405 e. The Morgan fingerprint density at radius 1 is 1.38 bits per heavy atom. The van der Waals surface area contributed by atoms with Gasteiger partial charge in [-0.15, -0.1) is 0 Å². The highest BCUT2D eigenvalue weighted by Gasteiger charge is 2.35. The molecule has 0 aromatic heterocycles. The zero-order chi connectivity index (χ0) is 21.8. The van der Waals surface area contributed by atoms with Crippen LogP contribution in [-0.2, 0) is 11.3 Å². The first-order chi connectivity index (χ1) is 13.5. The van der Waals surface area contributed by atoms with Gasteiger partial charge in [0.1, 0.15) is 6.54 Å². The highest BCUT2D eigenvalue weighted by molar-refractivity contribution is 5.82. The van der Waals surface area contributed by atoms with Crippen LogP contribution in [0.15, 0.2) is 12.1 Å². The lowest BCUT2D eigenvalue weighted by atomic mass is 10.1. The molecule has 162 valence electrons. The second kappa shape index (κ2) is 9.20. The molecule has 1 aliphatic heterocycles. The van der Waals surface area contributed by atoms with Crippen LogP contribution in [0, 0.1) is 10.1 Å². The first-order valence-electron chi connectivity index (χ1n) is 8.40. The Morgan fingerprint density at radius 2 is 2.07 bits per heavy atom. The average molecular weight is 427 g/mol. The van der Waals surface area contributed by atoms with E-state index >= 15 is 0 Å². The summed E-state index contributed by atoms with van der Waals surface area (Å²) in [5, 5.41) is 13.2. The van der Waals surface area contributed by atoms with E-state index in [2.05, 4.69) is 4.74 Å². The Hall–Kier alpha value is -2.70. The van der Waals surface area contributed by atoms with E-state index in [1.165, 1.54) is 4.90 Å². The molecule has 1 heterocycles. The number of nitro groups is 1. The van der Waals surface area contributed by atoms with Crippen LogP contribution in [-0.4, -0.2) is 54.8 Å². The lowest BCUT2D eigenvalue weighted by Crippen LogP contribution is -2.45. The Balaban J connectivity index is 2.24. The van der Waals surface area contributed by atoms with E-state index in [4.69, 9.17) is 4.74 Å². The van der Waals surface area contributed by atoms with Gasteiger partial charge >= 0.3 is 12.8 Å². The van der Waals surface area contributed by atoms with E-state index in [1.807, 2.05) is 0 Å². The van der Waals surface area contributed by atoms with Crippen LogP contribution in [0.5, 0.6) is 11.5 Å². The third kappa shape index (κ3) is 6.14. The first kappa shape index (κ1) is 22.6. The summed E-state index contributed by atoms with van der Waals surface area (Å²) in [5.74, 6) is -1.55. The largest absolute Gasteiger partial charge is 0.493 e. The number of nitro benzene ring substituents is 1. The molecule has 1 unspecified atom stereocenters. The van der Waals surface area contributed by atoms with E-state index in [0.717, 1.165) is 19.2 Å². The number of hydrogen-bond acceptors (Lipinski definition) is 6. The molecule has 1 N–H and O–H groups in total. The van der Waals surface area contributed by atoms with Crippen molar-refractivity contribution in [3.8, 4) is 11.5 Å². The predicted octanol–water partition coefficient (Wildman–Crippen LogP) is 2.85. The summed E-state index contributed by atoms with van der Waals surface area (Å²) >= 11 is 0. The lowest BCUT2D eigenvalue weighted by Gasteiger charge is -2.24. The fourth-order valence-electron chi connectivity index (χ4n) is 3.07. The summed E-state index contributed by atoms with van der Waals surface area (Å²) < 4.78 is 71.1. The second-order valence-electron chi connectivity index (χ2n) is 6.23. The van der Waals surface area contributed by atoms with Gasteiger partial charge in [0.2, 0.25) is 5.91 Å². The molecule has 8 nitrogen and oxygen atoms in total. The number of likely N-dealkylation sites (tertiary alicyclic amines) is 1. The number of halogens is 5. The zero-order valence-electron chi connectivity index (χ0n) is 15.2. The fraction of sp³-hybridized carbons (Fsp3) is 0.562. The van der Waals surface area contributed by atoms with Gasteiger partial charge in [-0.2, -0.15) is 22.0 Å². The van der Waals surface area contributed by atoms with E-state index in [1.54, 1.807) is 5.32 Å². The molecular weight excluding hydrogens is 409 g/mol. The molecule has 1 amide bonds. The SMILES string of the molecule is COc1cc(CN2CCCC2C(=O)NCC(F)(F)F)c([N+](=O)[O-])cc1OC(F)F. The number of hydrogen-bond donors (Lipinski definition) is 1. The van der Waals surface area contributed by atoms with Gasteiger partial charge in [0, 0.05) is 12.1 Å². The Bertz CT molecular complexity index is 759. The van der Waals surface area contributed by atoms with Gasteiger partial charge in [-0.25, -0.2) is 0 Å². The molecule has 0 saturated carbocycles. The third-order valence-corrected chi connectivity index (χ3v) is 4.28. The molecule has 0 spiro atoms. The van der Waals surface area contributed by atoms with Crippen LogP contribution < -0.4 is 14.8 Å². The molecule has 0 bridgehead atoms. The number of nitrogens with one attached hydrogen (secondary N) is 1. The standard InChI is InChI=1S/C16H18F5N3O5/c1-28-12-5-9(11(24(26)27)6-13(12)29-15(17)18)7-23-4-2-3-10(23)14(25)22-8-16(19,20)21/h5-6,10,15H,2-4,7-8H2,1H3,(H,22,25). The maximum atomic E-state index is 12.5. The minimum Gasteiger partial charge on any atom is -0.493 e. The Morgan fingerprint density at radius 3 is 2.62 bits per heavy atom. The highest BCUT2D eigenvalue weighted by atomic mass is 19.4. The van der Waals surface area contributed by atoms with Crippen LogP contribution in [0.3, 0.4) is 0 Å². The van der Waals surface area contributed by atoms with E-state index in [-0.39, 0.29) is 24.3 Å². The first-order valence-corrected chi connectivity index (χ1v) is 8.40. The summed E-state index contributed by atoms with van der Waals surface area (Å²) in [7, 11) is 1.16. The predicted molar refractivity (Wildman–Crippen MR) is 88.8 cm³/mol. The summed E-state index contributed by atoms with van der Waals surface area (Å²) in [5.41, 5.74) is -0.494. The molecule has 2 rings (SSSR count). The molecule has 0 radical (unpaired) electrons. The summed E-state index contributed by atoms with van der Waals surface area (Å²) in [6.45, 7) is -4.55. The summed E-state index contributed by atoms with van der Waals surface area (Å²) in [6, 6.07) is 1.02. The highest BCUT2D eigenvalue weighted by Crippen LogP contribution is 2.37. The molecule has 1 atom stereocenters. The molecule has 1 fully saturated rings. The minimum atomic E-state index is -4.56. The van der Waals surface area contributed by atoms with Crippen molar-refractivity contribution in [3.63, 3.8) is 0 Å². The van der Waals surface area contributed by atoms with Crippen molar-refractivity contribution < 1.29 is 41.1 Å². The van der Waals surface area contributed by atoms with Crippen LogP contribution in [0.1, 0.15) is 18.4 Å². The van der Waals surface area contributed by atoms with Crippen molar-refractivity contribution in [1.29, 1.82) is 0 Å². The fourth-order valence-corrected chi connectivity index (χ4v) is 3.07. The van der Waals surface area contributed by atoms with E-state index in [0.29, 0.717) is 13.0 Å². The van der Waals surface area contributed by atoms with Gasteiger partial charge in [-0.1, -0.05) is 0 Å². The third-order valence-electron chi connectivity index (χ3n) is 4.28. The van der Waals surface area contributed by atoms with Gasteiger partial charge in [0.15, 0.2) is 11.5 Å². The van der Waals surface area contributed by atoms with Crippen molar-refractivity contribution >= 4 is 11.6 Å². The molecule has 29 heavy (non-hydrogen) atoms. The number of benzene rings is 1. The quantitative estimate of drug-likeness (QED) is 0.390. The number of nitrogens with zero attached hydrogens (tertiary/aromatic N) is 2. The average Bonchev–Trinajstić information content (AvgIpc) is 3.07. The van der Waals surface area contributed by atoms with Crippen LogP contribution in [0.25, 0.3) is 0 Å². The Labute approximate surface area is 161 Å². The van der Waals surface area contributed by atoms with E-state index < -0.39 is 47.6 Å². The van der Waals surface area contributed by atoms with Crippen molar-refractivity contribution in [3.05, 3.63) is 27.8 Å². The van der Waals surface area contributed by atoms with Gasteiger partial charge in [0.25, 0.3) is 5.69 Å². The summed E-state index contributed by atoms with van der Waals surface area (Å²) in [4.78, 5) is 24.1. The van der Waals surface area contributed by atoms with Crippen molar-refractivity contribution in [2.75, 3.05) is 20.2 Å². The Kier molecular flexibility index (Phi) is 7.16. The van der Waals surface area contributed by atoms with Crippen LogP contribution in [0.2, 0.25) is 0 Å². The minimum absolute atomic E-state index is 0.0454. The van der Waals surface area contributed by atoms with Crippen LogP contribution in [0.4, 0.5) is 27.6 Å². The molecular formula is C16H18F5N3O5. The topological polar surface area (TPSA) is 93.9 Å². The number of ether oxygens (including phenoxy) is 2. The molecule has 0 aliphatic carbocycles. The molecule has 1 saturated heterocycles. The number of carbonyl (C=O) groups excluding carboxylic acids is 1. The molecule has 1 aliphatic rings. The van der Waals surface area contributed by atoms with E-state index in [9.17, 15) is 36.9 Å². The van der Waals surface area contributed by atoms with Crippen molar-refractivity contribution in [2.45, 2.75) is 38.2 Å². The zero-order valence-corrected chi connectivity index (χ0v) is 15.2. The maximum absolute atomic E-state index is 12.5. The van der Waals surface area contributed by atoms with Gasteiger partial charge in [-0.3, -0.25) is 19.8 Å². The van der Waals surface area contributed by atoms with Gasteiger partial charge < -0.3 is 14.8 Å². The van der Waals surface area contributed by atoms with Crippen molar-refractivity contribution in [2.24, 2.45) is 0 Å². The molecule has 1 aromatic rings. The summed E-state index contributed by atoms with van der Waals surface area (Å²) in [6.07, 6.45) is -3.78. The number of rotatable bonds is 8. The van der Waals surface area contributed by atoms with Gasteiger partial charge in [0.05, 0.1) is 24.1 Å². The molecule has 13 heteroatoms.